The van der Waals surface area contributed by atoms with Gasteiger partial charge in [0.25, 0.3) is 11.8 Å². The normalized spacial score (nSPS) is 14.1. The number of unbranched alkanes of at least 4 members (excludes halogenated alkanes) is 1. The number of primary amides is 1. The monoisotopic (exact) mass is 807 g/mol. The van der Waals surface area contributed by atoms with E-state index in [1.807, 2.05) is 11.8 Å². The third-order valence-electron chi connectivity index (χ3n) is 8.61. The van der Waals surface area contributed by atoms with Crippen LogP contribution in [0.1, 0.15) is 67.9 Å². The Morgan fingerprint density at radius 1 is 1.05 bits per heavy atom. The van der Waals surface area contributed by atoms with Crippen LogP contribution in [0.2, 0.25) is 5.02 Å². The van der Waals surface area contributed by atoms with Crippen molar-refractivity contribution < 1.29 is 32.3 Å². The number of rotatable bonds is 12. The molecule has 0 radical (unpaired) electrons. The molecule has 0 saturated carbocycles. The number of amides is 3. The summed E-state index contributed by atoms with van der Waals surface area (Å²) in [6, 6.07) is 8.16. The average molecular weight is 808 g/mol. The quantitative estimate of drug-likeness (QED) is 0.0493. The lowest BCUT2D eigenvalue weighted by Crippen LogP contribution is -2.51. The maximum absolute atomic E-state index is 13.8. The maximum atomic E-state index is 13.8. The van der Waals surface area contributed by atoms with Gasteiger partial charge in [-0.05, 0) is 55.0 Å². The molecule has 310 valence electrons. The van der Waals surface area contributed by atoms with E-state index in [1.165, 1.54) is 24.5 Å². The minimum absolute atomic E-state index is 0.139. The number of carbonyl (C=O) groups excluding carboxylic acids is 3. The largest absolute Gasteiger partial charge is 0.416 e. The van der Waals surface area contributed by atoms with Crippen LogP contribution in [0.25, 0.3) is 0 Å². The first-order chi connectivity index (χ1) is 26.7. The number of hydrogen-bond donors (Lipinski definition) is 4. The number of nitrogen functional groups attached to an aromatic ring is 1. The number of hydrazone groups is 1. The van der Waals surface area contributed by atoms with E-state index in [-0.39, 0.29) is 29.4 Å². The van der Waals surface area contributed by atoms with E-state index in [9.17, 15) is 22.8 Å². The van der Waals surface area contributed by atoms with Gasteiger partial charge in [-0.1, -0.05) is 63.4 Å². The van der Waals surface area contributed by atoms with Crippen molar-refractivity contribution in [3.63, 3.8) is 0 Å². The number of anilines is 2. The lowest BCUT2D eigenvalue weighted by atomic mass is 10.1. The summed E-state index contributed by atoms with van der Waals surface area (Å²) < 4.78 is 44.3. The number of nitrogens with zero attached hydrogens (tertiary/aromatic N) is 5. The molecule has 0 atom stereocenters. The Bertz CT molecular complexity index is 1640. The number of allylic oxidation sites excluding steroid dienone is 1. The molecule has 2 aliphatic heterocycles. The van der Waals surface area contributed by atoms with Crippen LogP contribution in [0.4, 0.5) is 24.5 Å². The summed E-state index contributed by atoms with van der Waals surface area (Å²) in [6.07, 6.45) is 1.95. The molecule has 2 heterocycles. The van der Waals surface area contributed by atoms with Crippen LogP contribution < -0.4 is 22.1 Å². The molecule has 0 spiro atoms. The molecule has 1 saturated heterocycles. The number of nitrogens with one attached hydrogen (secondary N) is 2. The van der Waals surface area contributed by atoms with Crippen LogP contribution in [0.3, 0.4) is 0 Å². The van der Waals surface area contributed by atoms with Crippen molar-refractivity contribution in [2.24, 2.45) is 15.8 Å². The standard InChI is InChI=1S/C27H33ClF3N7O2.C7H11NO.C4H10.CH3NO/c1-5-21(33-2)24(26(40)38(35-4)16-17-9-10-18(15-20(17)28)27(29,30)31)36-11-13-37(14-12-36)25(39)19-7-6-8-22(34-3)23(19)32;1-8-6-7-2-4-9-5-3-7;1-3-4-2;2-1-3/h6-10,15,33-34H,4-5,11-14,16,32H2,1-3H3;2H,1,3-6H2;3-4H2,1-2H3;1H,(H2,2,3)/b24-21+;;;. The molecule has 6 N–H and O–H groups in total. The number of aliphatic imine (C=N–C) groups is 1. The number of hydrogen-bond acceptors (Lipinski definition) is 10. The van der Waals surface area contributed by atoms with Crippen molar-refractivity contribution in [2.75, 3.05) is 71.1 Å². The molecule has 2 aromatic rings. The van der Waals surface area contributed by atoms with Gasteiger partial charge in [0, 0.05) is 57.7 Å². The SMILES string of the molecule is C=NCC1=CCOCC1.C=NN(Cc1ccc(C(F)(F)F)cc1Cl)C(=O)/C(=C(/CC)NC)N1CCN(C(=O)c2cccc(NC)c2N)CC1.CCCC.NC=O. The van der Waals surface area contributed by atoms with Gasteiger partial charge in [0.1, 0.15) is 5.70 Å². The number of alkyl halides is 3. The Balaban J connectivity index is 0.000000815. The Kier molecular flexibility index (Phi) is 22.6. The van der Waals surface area contributed by atoms with Crippen molar-refractivity contribution in [3.05, 3.63) is 81.2 Å². The van der Waals surface area contributed by atoms with Gasteiger partial charge in [-0.15, -0.1) is 0 Å². The van der Waals surface area contributed by atoms with E-state index < -0.39 is 17.6 Å². The molecule has 3 amide bonds. The molecule has 56 heavy (non-hydrogen) atoms. The van der Waals surface area contributed by atoms with Crippen LogP contribution in [-0.4, -0.2) is 107 Å². The first-order valence-corrected chi connectivity index (χ1v) is 18.6. The zero-order chi connectivity index (χ0) is 42.3. The second-order valence-corrected chi connectivity index (χ2v) is 12.6. The fourth-order valence-electron chi connectivity index (χ4n) is 5.37. The van der Waals surface area contributed by atoms with E-state index in [1.54, 1.807) is 37.2 Å². The minimum Gasteiger partial charge on any atom is -0.396 e. The molecular formula is C39H57ClF3N9O4. The fourth-order valence-corrected chi connectivity index (χ4v) is 5.61. The predicted molar refractivity (Wildman–Crippen MR) is 220 cm³/mol. The number of carbonyl (C=O) groups is 3. The van der Waals surface area contributed by atoms with Gasteiger partial charge in [0.15, 0.2) is 0 Å². The van der Waals surface area contributed by atoms with Gasteiger partial charge < -0.3 is 36.6 Å². The zero-order valence-corrected chi connectivity index (χ0v) is 33.8. The summed E-state index contributed by atoms with van der Waals surface area (Å²) in [6.45, 7) is 16.8. The summed E-state index contributed by atoms with van der Waals surface area (Å²) in [4.78, 5) is 42.9. The summed E-state index contributed by atoms with van der Waals surface area (Å²) >= 11 is 6.13. The van der Waals surface area contributed by atoms with Gasteiger partial charge in [-0.3, -0.25) is 19.4 Å². The van der Waals surface area contributed by atoms with Crippen LogP contribution >= 0.6 is 11.6 Å². The van der Waals surface area contributed by atoms with Gasteiger partial charge in [-0.2, -0.15) is 18.3 Å². The van der Waals surface area contributed by atoms with Crippen molar-refractivity contribution in [1.82, 2.24) is 20.1 Å². The molecule has 4 rings (SSSR count). The van der Waals surface area contributed by atoms with E-state index in [2.05, 4.69) is 59.8 Å². The third-order valence-corrected chi connectivity index (χ3v) is 8.96. The van der Waals surface area contributed by atoms with Crippen molar-refractivity contribution in [1.29, 1.82) is 0 Å². The van der Waals surface area contributed by atoms with Crippen molar-refractivity contribution >= 4 is 54.6 Å². The summed E-state index contributed by atoms with van der Waals surface area (Å²) in [5.74, 6) is -0.704. The van der Waals surface area contributed by atoms with E-state index in [0.717, 1.165) is 43.3 Å². The third kappa shape index (κ3) is 15.2. The number of benzene rings is 2. The Morgan fingerprint density at radius 3 is 2.14 bits per heavy atom. The molecule has 0 unspecified atom stereocenters. The van der Waals surface area contributed by atoms with Crippen LogP contribution in [0.5, 0.6) is 0 Å². The number of ether oxygens (including phenoxy) is 1. The molecule has 1 fully saturated rings. The highest BCUT2D eigenvalue weighted by Crippen LogP contribution is 2.33. The Labute approximate surface area is 333 Å². The molecule has 0 aromatic heterocycles. The molecule has 2 aromatic carbocycles. The van der Waals surface area contributed by atoms with Gasteiger partial charge >= 0.3 is 6.18 Å². The van der Waals surface area contributed by atoms with Crippen molar-refractivity contribution in [3.8, 4) is 0 Å². The van der Waals surface area contributed by atoms with Gasteiger partial charge in [-0.25, -0.2) is 5.01 Å². The predicted octanol–water partition coefficient (Wildman–Crippen LogP) is 6.17. The van der Waals surface area contributed by atoms with Crippen molar-refractivity contribution in [2.45, 2.75) is 59.2 Å². The Morgan fingerprint density at radius 2 is 1.68 bits per heavy atom. The highest BCUT2D eigenvalue weighted by Gasteiger charge is 2.33. The van der Waals surface area contributed by atoms with E-state index in [4.69, 9.17) is 26.9 Å². The lowest BCUT2D eigenvalue weighted by molar-refractivity contribution is -0.137. The molecule has 17 heteroatoms. The maximum Gasteiger partial charge on any atom is 0.416 e. The fraction of sp³-hybridized carbons (Fsp3) is 0.462. The van der Waals surface area contributed by atoms with E-state index >= 15 is 0 Å². The van der Waals surface area contributed by atoms with Crippen LogP contribution in [0.15, 0.2) is 69.5 Å². The summed E-state index contributed by atoms with van der Waals surface area (Å²) in [5, 5.41) is 10.8. The smallest absolute Gasteiger partial charge is 0.396 e. The number of piperazine rings is 1. The molecule has 13 nitrogen and oxygen atoms in total. The van der Waals surface area contributed by atoms with Crippen LogP contribution in [-0.2, 0) is 27.0 Å². The molecule has 0 bridgehead atoms. The first-order valence-electron chi connectivity index (χ1n) is 18.2. The first kappa shape index (κ1) is 48.9. The topological polar surface area (TPSA) is 171 Å². The van der Waals surface area contributed by atoms with Crippen LogP contribution in [0, 0.1) is 0 Å². The number of halogens is 4. The highest BCUT2D eigenvalue weighted by molar-refractivity contribution is 6.31. The Hall–Kier alpha value is -5.09. The van der Waals surface area contributed by atoms with E-state index in [0.29, 0.717) is 60.9 Å². The number of nitrogens with two attached hydrogens (primary N) is 2. The lowest BCUT2D eigenvalue weighted by Gasteiger charge is -2.38. The number of para-hydroxylation sites is 1. The minimum atomic E-state index is -4.54. The molecule has 2 aliphatic rings. The zero-order valence-electron chi connectivity index (χ0n) is 33.1. The summed E-state index contributed by atoms with van der Waals surface area (Å²) in [7, 11) is 3.42. The highest BCUT2D eigenvalue weighted by atomic mass is 35.5. The van der Waals surface area contributed by atoms with Gasteiger partial charge in [0.05, 0.1) is 48.8 Å². The average Bonchev–Trinajstić information content (AvgIpc) is 3.20. The second-order valence-electron chi connectivity index (χ2n) is 12.2. The van der Waals surface area contributed by atoms with Gasteiger partial charge in [0.2, 0.25) is 6.41 Å². The molecule has 0 aliphatic carbocycles. The second kappa shape index (κ2) is 25.9. The summed E-state index contributed by atoms with van der Waals surface area (Å²) in [5.41, 5.74) is 13.5. The molecular weight excluding hydrogens is 751 g/mol.